The molecule has 134 valence electrons. The number of thiazole rings is 1. The minimum atomic E-state index is -4.36. The zero-order chi connectivity index (χ0) is 18.7. The third-order valence-corrected chi connectivity index (χ3v) is 4.29. The summed E-state index contributed by atoms with van der Waals surface area (Å²) in [5.74, 6) is -0.530. The van der Waals surface area contributed by atoms with Crippen LogP contribution in [0, 0.1) is 0 Å². The molecule has 10 heteroatoms. The number of nitrogen functional groups attached to an aromatic ring is 1. The summed E-state index contributed by atoms with van der Waals surface area (Å²) in [6.45, 7) is 0. The first-order valence-electron chi connectivity index (χ1n) is 7.31. The number of hydrogen-bond acceptors (Lipinski definition) is 6. The Morgan fingerprint density at radius 3 is 2.46 bits per heavy atom. The number of nitrogens with one attached hydrogen (secondary N) is 1. The first-order valence-corrected chi connectivity index (χ1v) is 8.13. The Balaban J connectivity index is 1.67. The van der Waals surface area contributed by atoms with E-state index >= 15 is 0 Å². The number of anilines is 2. The summed E-state index contributed by atoms with van der Waals surface area (Å²) in [5.41, 5.74) is 5.60. The molecule has 0 spiro atoms. The number of nitrogens with zero attached hydrogens (tertiary/aromatic N) is 3. The maximum absolute atomic E-state index is 12.6. The lowest BCUT2D eigenvalue weighted by Crippen LogP contribution is -2.16. The van der Waals surface area contributed by atoms with Gasteiger partial charge in [-0.05, 0) is 17.7 Å². The van der Waals surface area contributed by atoms with Crippen molar-refractivity contribution < 1.29 is 18.0 Å². The molecule has 0 saturated carbocycles. The summed E-state index contributed by atoms with van der Waals surface area (Å²) in [5, 5.41) is 2.91. The van der Waals surface area contributed by atoms with Gasteiger partial charge in [-0.3, -0.25) is 10.1 Å². The molecule has 3 N–H and O–H groups in total. The molecular weight excluding hydrogens is 367 g/mol. The van der Waals surface area contributed by atoms with E-state index in [-0.39, 0.29) is 11.5 Å². The molecule has 0 radical (unpaired) electrons. The number of carbonyl (C=O) groups excluding carboxylic acids is 1. The van der Waals surface area contributed by atoms with Gasteiger partial charge in [0.15, 0.2) is 16.6 Å². The number of rotatable bonds is 4. The number of nitrogens with two attached hydrogens (primary N) is 1. The van der Waals surface area contributed by atoms with Crippen molar-refractivity contribution in [1.82, 2.24) is 15.0 Å². The van der Waals surface area contributed by atoms with Gasteiger partial charge in [-0.15, -0.1) is 11.3 Å². The van der Waals surface area contributed by atoms with E-state index in [9.17, 15) is 18.0 Å². The molecule has 0 aliphatic heterocycles. The first-order chi connectivity index (χ1) is 12.3. The van der Waals surface area contributed by atoms with Gasteiger partial charge in [0, 0.05) is 29.9 Å². The maximum Gasteiger partial charge on any atom is 0.416 e. The van der Waals surface area contributed by atoms with Crippen LogP contribution in [-0.4, -0.2) is 20.9 Å². The zero-order valence-electron chi connectivity index (χ0n) is 13.1. The van der Waals surface area contributed by atoms with Crippen molar-refractivity contribution in [3.05, 3.63) is 64.6 Å². The highest BCUT2D eigenvalue weighted by Crippen LogP contribution is 2.30. The predicted molar refractivity (Wildman–Crippen MR) is 90.8 cm³/mol. The van der Waals surface area contributed by atoms with Crippen molar-refractivity contribution in [3.63, 3.8) is 0 Å². The fraction of sp³-hybridized carbons (Fsp3) is 0.125. The number of amides is 1. The zero-order valence-corrected chi connectivity index (χ0v) is 13.9. The van der Waals surface area contributed by atoms with Crippen molar-refractivity contribution in [3.8, 4) is 0 Å². The molecule has 0 unspecified atom stereocenters. The second-order valence-electron chi connectivity index (χ2n) is 5.25. The van der Waals surface area contributed by atoms with E-state index in [0.29, 0.717) is 17.1 Å². The Bertz CT molecular complexity index is 924. The lowest BCUT2D eigenvalue weighted by Gasteiger charge is -2.06. The van der Waals surface area contributed by atoms with E-state index in [4.69, 9.17) is 5.73 Å². The summed E-state index contributed by atoms with van der Waals surface area (Å²) in [4.78, 5) is 24.6. The van der Waals surface area contributed by atoms with Gasteiger partial charge in [-0.25, -0.2) is 15.0 Å². The molecule has 0 bridgehead atoms. The molecule has 0 fully saturated rings. The van der Waals surface area contributed by atoms with Crippen LogP contribution in [0.1, 0.15) is 26.5 Å². The number of halogens is 3. The van der Waals surface area contributed by atoms with Crippen LogP contribution in [0.15, 0.2) is 42.9 Å². The highest BCUT2D eigenvalue weighted by molar-refractivity contribution is 7.15. The molecule has 2 heterocycles. The largest absolute Gasteiger partial charge is 0.416 e. The van der Waals surface area contributed by atoms with Crippen molar-refractivity contribution in [1.29, 1.82) is 0 Å². The fourth-order valence-electron chi connectivity index (χ4n) is 2.14. The third kappa shape index (κ3) is 4.14. The van der Waals surface area contributed by atoms with Crippen LogP contribution in [0.2, 0.25) is 0 Å². The summed E-state index contributed by atoms with van der Waals surface area (Å²) in [6.07, 6.45) is 0.320. The van der Waals surface area contributed by atoms with Crippen LogP contribution in [0.25, 0.3) is 0 Å². The molecule has 1 amide bonds. The summed E-state index contributed by atoms with van der Waals surface area (Å²) in [6, 6.07) is 4.91. The summed E-state index contributed by atoms with van der Waals surface area (Å²) >= 11 is 1.21. The van der Waals surface area contributed by atoms with E-state index in [1.165, 1.54) is 35.9 Å². The second kappa shape index (κ2) is 7.08. The topological polar surface area (TPSA) is 93.8 Å². The molecule has 3 aromatic rings. The van der Waals surface area contributed by atoms with Gasteiger partial charge in [-0.2, -0.15) is 13.2 Å². The van der Waals surface area contributed by atoms with Gasteiger partial charge in [0.1, 0.15) is 0 Å². The molecule has 0 aliphatic carbocycles. The van der Waals surface area contributed by atoms with Crippen molar-refractivity contribution in [2.75, 3.05) is 11.1 Å². The third-order valence-electron chi connectivity index (χ3n) is 3.38. The van der Waals surface area contributed by atoms with Crippen LogP contribution in [0.5, 0.6) is 0 Å². The lowest BCUT2D eigenvalue weighted by atomic mass is 10.1. The van der Waals surface area contributed by atoms with E-state index in [1.54, 1.807) is 6.20 Å². The molecule has 26 heavy (non-hydrogen) atoms. The Morgan fingerprint density at radius 2 is 1.81 bits per heavy atom. The molecule has 0 aliphatic rings. The van der Waals surface area contributed by atoms with Crippen molar-refractivity contribution in [2.45, 2.75) is 12.6 Å². The number of alkyl halides is 3. The smallest absolute Gasteiger partial charge is 0.382 e. The minimum Gasteiger partial charge on any atom is -0.382 e. The number of benzene rings is 1. The predicted octanol–water partition coefficient (Wildman–Crippen LogP) is 3.38. The highest BCUT2D eigenvalue weighted by atomic mass is 32.1. The summed E-state index contributed by atoms with van der Waals surface area (Å²) < 4.78 is 37.7. The van der Waals surface area contributed by atoms with Gasteiger partial charge >= 0.3 is 6.18 Å². The second-order valence-corrected chi connectivity index (χ2v) is 6.36. The quantitative estimate of drug-likeness (QED) is 0.725. The van der Waals surface area contributed by atoms with Crippen molar-refractivity contribution in [2.24, 2.45) is 0 Å². The number of carbonyl (C=O) groups is 1. The summed E-state index contributed by atoms with van der Waals surface area (Å²) in [7, 11) is 0. The van der Waals surface area contributed by atoms with E-state index in [1.807, 2.05) is 0 Å². The Labute approximate surface area is 149 Å². The fourth-order valence-corrected chi connectivity index (χ4v) is 2.98. The number of aromatic nitrogens is 3. The van der Waals surface area contributed by atoms with E-state index in [0.717, 1.165) is 17.0 Å². The lowest BCUT2D eigenvalue weighted by molar-refractivity contribution is -0.137. The van der Waals surface area contributed by atoms with Gasteiger partial charge in [-0.1, -0.05) is 12.1 Å². The SMILES string of the molecule is Nc1nccnc1C(=O)Nc1ncc(Cc2ccc(C(F)(F)F)cc2)s1. The Hall–Kier alpha value is -3.01. The average Bonchev–Trinajstić information content (AvgIpc) is 3.01. The molecule has 1 aromatic carbocycles. The van der Waals surface area contributed by atoms with E-state index in [2.05, 4.69) is 20.3 Å². The molecule has 3 rings (SSSR count). The van der Waals surface area contributed by atoms with Crippen LogP contribution in [0.4, 0.5) is 24.1 Å². The van der Waals surface area contributed by atoms with Gasteiger partial charge in [0.2, 0.25) is 0 Å². The van der Waals surface area contributed by atoms with Crippen molar-refractivity contribution >= 4 is 28.2 Å². The number of hydrogen-bond donors (Lipinski definition) is 2. The highest BCUT2D eigenvalue weighted by Gasteiger charge is 2.29. The Morgan fingerprint density at radius 1 is 1.12 bits per heavy atom. The Kier molecular flexibility index (Phi) is 4.85. The molecule has 0 saturated heterocycles. The monoisotopic (exact) mass is 379 g/mol. The maximum atomic E-state index is 12.6. The molecule has 0 atom stereocenters. The minimum absolute atomic E-state index is 0.00605. The van der Waals surface area contributed by atoms with Gasteiger partial charge in [0.25, 0.3) is 5.91 Å². The average molecular weight is 379 g/mol. The van der Waals surface area contributed by atoms with Gasteiger partial charge in [0.05, 0.1) is 5.56 Å². The normalized spacial score (nSPS) is 11.3. The van der Waals surface area contributed by atoms with Crippen LogP contribution >= 0.6 is 11.3 Å². The van der Waals surface area contributed by atoms with Gasteiger partial charge < -0.3 is 5.73 Å². The van der Waals surface area contributed by atoms with Crippen LogP contribution in [0.3, 0.4) is 0 Å². The first kappa shape index (κ1) is 17.8. The molecular formula is C16H12F3N5OS. The van der Waals surface area contributed by atoms with Crippen LogP contribution in [-0.2, 0) is 12.6 Å². The van der Waals surface area contributed by atoms with E-state index < -0.39 is 17.6 Å². The molecule has 2 aromatic heterocycles. The standard InChI is InChI=1S/C16H12F3N5OS/c17-16(18,19)10-3-1-9(2-4-10)7-11-8-23-15(26-11)24-14(25)12-13(20)22-6-5-21-12/h1-6,8H,7H2,(H2,20,22)(H,23,24,25). The molecule has 6 nitrogen and oxygen atoms in total. The van der Waals surface area contributed by atoms with Crippen LogP contribution < -0.4 is 11.1 Å².